The molecule has 1 saturated heterocycles. The number of para-hydroxylation sites is 1. The van der Waals surface area contributed by atoms with Crippen molar-refractivity contribution in [3.8, 4) is 5.75 Å². The van der Waals surface area contributed by atoms with Crippen molar-refractivity contribution in [2.45, 2.75) is 38.1 Å². The van der Waals surface area contributed by atoms with Gasteiger partial charge in [0.15, 0.2) is 0 Å². The first kappa shape index (κ1) is 16.5. The van der Waals surface area contributed by atoms with Gasteiger partial charge in [0, 0.05) is 25.0 Å². The number of carbonyl (C=O) groups is 1. The van der Waals surface area contributed by atoms with Crippen LogP contribution >= 0.6 is 0 Å². The quantitative estimate of drug-likeness (QED) is 0.783. The largest absolute Gasteiger partial charge is 0.493 e. The normalized spacial score (nSPS) is 17.0. The van der Waals surface area contributed by atoms with Gasteiger partial charge in [0.25, 0.3) is 0 Å². The number of aromatic nitrogens is 1. The molecule has 1 fully saturated rings. The second kappa shape index (κ2) is 8.48. The molecule has 1 atom stereocenters. The van der Waals surface area contributed by atoms with Crippen LogP contribution in [0.5, 0.6) is 5.75 Å². The first-order valence-corrected chi connectivity index (χ1v) is 8.69. The Morgan fingerprint density at radius 3 is 2.75 bits per heavy atom. The molecule has 4 heteroatoms. The molecule has 0 N–H and O–H groups in total. The van der Waals surface area contributed by atoms with Crippen LogP contribution < -0.4 is 4.74 Å². The van der Waals surface area contributed by atoms with Gasteiger partial charge in [-0.1, -0.05) is 18.2 Å². The molecule has 0 unspecified atom stereocenters. The van der Waals surface area contributed by atoms with Crippen molar-refractivity contribution in [1.82, 2.24) is 9.88 Å². The van der Waals surface area contributed by atoms with Crippen LogP contribution in [0.1, 0.15) is 31.2 Å². The summed E-state index contributed by atoms with van der Waals surface area (Å²) >= 11 is 0. The zero-order valence-corrected chi connectivity index (χ0v) is 13.9. The highest BCUT2D eigenvalue weighted by Crippen LogP contribution is 2.22. The van der Waals surface area contributed by atoms with Gasteiger partial charge in [0.2, 0.25) is 5.91 Å². The molecule has 2 heterocycles. The fourth-order valence-electron chi connectivity index (χ4n) is 3.26. The molecule has 1 aromatic carbocycles. The van der Waals surface area contributed by atoms with Gasteiger partial charge < -0.3 is 9.64 Å². The average molecular weight is 324 g/mol. The molecule has 3 rings (SSSR count). The van der Waals surface area contributed by atoms with Gasteiger partial charge in [0.05, 0.1) is 13.0 Å². The Balaban J connectivity index is 1.45. The highest BCUT2D eigenvalue weighted by atomic mass is 16.5. The van der Waals surface area contributed by atoms with E-state index in [1.54, 1.807) is 0 Å². The lowest BCUT2D eigenvalue weighted by Crippen LogP contribution is -2.36. The van der Waals surface area contributed by atoms with Crippen molar-refractivity contribution in [3.63, 3.8) is 0 Å². The SMILES string of the molecule is O=C(CCOc1ccccc1)N1CCC[C@H]1CCc1ccncc1. The summed E-state index contributed by atoms with van der Waals surface area (Å²) in [6.07, 6.45) is 8.33. The monoisotopic (exact) mass is 324 g/mol. The second-order valence-electron chi connectivity index (χ2n) is 6.19. The standard InChI is InChI=1S/C20H24N2O2/c23-20(12-16-24-19-6-2-1-3-7-19)22-15-4-5-18(22)9-8-17-10-13-21-14-11-17/h1-3,6-7,10-11,13-14,18H,4-5,8-9,12,15-16H2/t18-/m0/s1. The Kier molecular flexibility index (Phi) is 5.83. The summed E-state index contributed by atoms with van der Waals surface area (Å²) in [5.74, 6) is 1.03. The van der Waals surface area contributed by atoms with E-state index < -0.39 is 0 Å². The van der Waals surface area contributed by atoms with Crippen LogP contribution in [0.25, 0.3) is 0 Å². The summed E-state index contributed by atoms with van der Waals surface area (Å²) < 4.78 is 5.65. The summed E-state index contributed by atoms with van der Waals surface area (Å²) in [6.45, 7) is 1.32. The molecular formula is C20H24N2O2. The van der Waals surface area contributed by atoms with Crippen molar-refractivity contribution >= 4 is 5.91 Å². The number of aryl methyl sites for hydroxylation is 1. The molecule has 4 nitrogen and oxygen atoms in total. The molecule has 0 bridgehead atoms. The van der Waals surface area contributed by atoms with Crippen LogP contribution in [0.3, 0.4) is 0 Å². The van der Waals surface area contributed by atoms with Crippen LogP contribution in [0.2, 0.25) is 0 Å². The van der Waals surface area contributed by atoms with Crippen LogP contribution in [0.4, 0.5) is 0 Å². The lowest BCUT2D eigenvalue weighted by Gasteiger charge is -2.25. The maximum absolute atomic E-state index is 12.5. The van der Waals surface area contributed by atoms with Gasteiger partial charge in [0.1, 0.15) is 5.75 Å². The van der Waals surface area contributed by atoms with Gasteiger partial charge in [-0.05, 0) is 55.5 Å². The van der Waals surface area contributed by atoms with Crippen LogP contribution in [0, 0.1) is 0 Å². The lowest BCUT2D eigenvalue weighted by molar-refractivity contribution is -0.132. The van der Waals surface area contributed by atoms with Crippen molar-refractivity contribution in [2.24, 2.45) is 0 Å². The molecule has 0 aliphatic carbocycles. The van der Waals surface area contributed by atoms with E-state index in [1.165, 1.54) is 5.56 Å². The van der Waals surface area contributed by atoms with E-state index in [-0.39, 0.29) is 5.91 Å². The second-order valence-corrected chi connectivity index (χ2v) is 6.19. The number of rotatable bonds is 7. The van der Waals surface area contributed by atoms with Crippen LogP contribution in [-0.4, -0.2) is 35.0 Å². The Bertz CT molecular complexity index is 631. The van der Waals surface area contributed by atoms with Gasteiger partial charge in [-0.15, -0.1) is 0 Å². The number of pyridine rings is 1. The highest BCUT2D eigenvalue weighted by molar-refractivity contribution is 5.77. The van der Waals surface area contributed by atoms with E-state index in [0.29, 0.717) is 19.1 Å². The third-order valence-electron chi connectivity index (χ3n) is 4.54. The minimum atomic E-state index is 0.211. The molecule has 2 aromatic rings. The molecule has 1 aliphatic rings. The molecule has 1 amide bonds. The number of ether oxygens (including phenoxy) is 1. The molecule has 126 valence electrons. The van der Waals surface area contributed by atoms with Gasteiger partial charge in [-0.3, -0.25) is 9.78 Å². The smallest absolute Gasteiger partial charge is 0.226 e. The number of carbonyl (C=O) groups excluding carboxylic acids is 1. The summed E-state index contributed by atoms with van der Waals surface area (Å²) in [7, 11) is 0. The molecular weight excluding hydrogens is 300 g/mol. The predicted octanol–water partition coefficient (Wildman–Crippen LogP) is 3.47. The number of likely N-dealkylation sites (tertiary alicyclic amines) is 1. The fraction of sp³-hybridized carbons (Fsp3) is 0.400. The number of benzene rings is 1. The van der Waals surface area contributed by atoms with E-state index in [9.17, 15) is 4.79 Å². The van der Waals surface area contributed by atoms with E-state index in [4.69, 9.17) is 4.74 Å². The number of nitrogens with zero attached hydrogens (tertiary/aromatic N) is 2. The molecule has 0 spiro atoms. The van der Waals surface area contributed by atoms with Gasteiger partial charge >= 0.3 is 0 Å². The third-order valence-corrected chi connectivity index (χ3v) is 4.54. The molecule has 24 heavy (non-hydrogen) atoms. The van der Waals surface area contributed by atoms with Crippen molar-refractivity contribution in [2.75, 3.05) is 13.2 Å². The maximum atomic E-state index is 12.5. The van der Waals surface area contributed by atoms with E-state index >= 15 is 0 Å². The predicted molar refractivity (Wildman–Crippen MR) is 93.8 cm³/mol. The topological polar surface area (TPSA) is 42.4 Å². The molecule has 1 aliphatic heterocycles. The Morgan fingerprint density at radius 1 is 1.17 bits per heavy atom. The fourth-order valence-corrected chi connectivity index (χ4v) is 3.26. The minimum Gasteiger partial charge on any atom is -0.493 e. The zero-order valence-electron chi connectivity index (χ0n) is 13.9. The third kappa shape index (κ3) is 4.57. The maximum Gasteiger partial charge on any atom is 0.226 e. The summed E-state index contributed by atoms with van der Waals surface area (Å²) in [5, 5.41) is 0. The Hall–Kier alpha value is -2.36. The highest BCUT2D eigenvalue weighted by Gasteiger charge is 2.27. The van der Waals surface area contributed by atoms with Crippen molar-refractivity contribution in [1.29, 1.82) is 0 Å². The van der Waals surface area contributed by atoms with E-state index in [2.05, 4.69) is 22.0 Å². The Labute approximate surface area is 143 Å². The summed E-state index contributed by atoms with van der Waals surface area (Å²) in [6, 6.07) is 14.1. The van der Waals surface area contributed by atoms with Gasteiger partial charge in [-0.25, -0.2) is 0 Å². The Morgan fingerprint density at radius 2 is 1.96 bits per heavy atom. The first-order valence-electron chi connectivity index (χ1n) is 8.69. The van der Waals surface area contributed by atoms with E-state index in [1.807, 2.05) is 42.7 Å². The summed E-state index contributed by atoms with van der Waals surface area (Å²) in [5.41, 5.74) is 1.29. The zero-order chi connectivity index (χ0) is 16.6. The molecule has 0 radical (unpaired) electrons. The van der Waals surface area contributed by atoms with Crippen LogP contribution in [-0.2, 0) is 11.2 Å². The minimum absolute atomic E-state index is 0.211. The first-order chi connectivity index (χ1) is 11.8. The van der Waals surface area contributed by atoms with E-state index in [0.717, 1.165) is 38.0 Å². The van der Waals surface area contributed by atoms with Crippen LogP contribution in [0.15, 0.2) is 54.9 Å². The lowest BCUT2D eigenvalue weighted by atomic mass is 10.0. The number of amides is 1. The summed E-state index contributed by atoms with van der Waals surface area (Å²) in [4.78, 5) is 18.6. The number of hydrogen-bond donors (Lipinski definition) is 0. The van der Waals surface area contributed by atoms with Crippen molar-refractivity contribution in [3.05, 3.63) is 60.4 Å². The number of hydrogen-bond acceptors (Lipinski definition) is 3. The van der Waals surface area contributed by atoms with Crippen molar-refractivity contribution < 1.29 is 9.53 Å². The molecule has 1 aromatic heterocycles. The average Bonchev–Trinajstić information content (AvgIpc) is 3.10. The van der Waals surface area contributed by atoms with Gasteiger partial charge in [-0.2, -0.15) is 0 Å². The molecule has 0 saturated carbocycles.